The second-order valence-electron chi connectivity index (χ2n) is 4.03. The quantitative estimate of drug-likeness (QED) is 0.849. The van der Waals surface area contributed by atoms with Gasteiger partial charge < -0.3 is 5.11 Å². The van der Waals surface area contributed by atoms with Crippen molar-refractivity contribution in [2.75, 3.05) is 0 Å². The number of nitriles is 1. The summed E-state index contributed by atoms with van der Waals surface area (Å²) in [5.74, 6) is 0.0542. The zero-order valence-electron chi connectivity index (χ0n) is 9.64. The molecule has 2 aromatic carbocycles. The fraction of sp³-hybridized carbons (Fsp3) is 0.133. The minimum Gasteiger partial charge on any atom is -0.507 e. The molecule has 0 aliphatic rings. The van der Waals surface area contributed by atoms with Gasteiger partial charge in [-0.2, -0.15) is 5.26 Å². The summed E-state index contributed by atoms with van der Waals surface area (Å²) in [6, 6.07) is 15.3. The molecule has 2 heteroatoms. The summed E-state index contributed by atoms with van der Waals surface area (Å²) in [7, 11) is 0. The van der Waals surface area contributed by atoms with E-state index in [4.69, 9.17) is 5.26 Å². The Bertz CT molecular complexity index is 582. The summed E-state index contributed by atoms with van der Waals surface area (Å²) in [6.45, 7) is 2.05. The van der Waals surface area contributed by atoms with Gasteiger partial charge in [0.25, 0.3) is 0 Å². The predicted octanol–water partition coefficient (Wildman–Crippen LogP) is 3.16. The van der Waals surface area contributed by atoms with Gasteiger partial charge in [-0.1, -0.05) is 36.4 Å². The lowest BCUT2D eigenvalue weighted by atomic mass is 9.97. The number of phenolic OH excluding ortho intramolecular Hbond substituents is 1. The molecule has 0 atom stereocenters. The summed E-state index contributed by atoms with van der Waals surface area (Å²) < 4.78 is 0. The van der Waals surface area contributed by atoms with Crippen LogP contribution in [0.2, 0.25) is 0 Å². The van der Waals surface area contributed by atoms with Crippen LogP contribution >= 0.6 is 0 Å². The van der Waals surface area contributed by atoms with E-state index in [1.54, 1.807) is 12.1 Å². The van der Waals surface area contributed by atoms with Crippen molar-refractivity contribution >= 4 is 0 Å². The molecule has 1 N–H and O–H groups in total. The first-order valence-electron chi connectivity index (χ1n) is 5.48. The number of aromatic hydroxyl groups is 1. The van der Waals surface area contributed by atoms with Crippen LogP contribution < -0.4 is 0 Å². The van der Waals surface area contributed by atoms with Crippen LogP contribution in [0.5, 0.6) is 5.75 Å². The maximum Gasteiger partial charge on any atom is 0.133 e. The van der Waals surface area contributed by atoms with Gasteiger partial charge >= 0.3 is 0 Å². The smallest absolute Gasteiger partial charge is 0.133 e. The van der Waals surface area contributed by atoms with Crippen molar-refractivity contribution in [2.24, 2.45) is 0 Å². The molecule has 2 aromatic rings. The second-order valence-corrected chi connectivity index (χ2v) is 4.03. The lowest BCUT2D eigenvalue weighted by Gasteiger charge is -2.08. The number of benzene rings is 2. The molecule has 17 heavy (non-hydrogen) atoms. The summed E-state index contributed by atoms with van der Waals surface area (Å²) in [5.41, 5.74) is 3.60. The Morgan fingerprint density at radius 1 is 1.06 bits per heavy atom. The highest BCUT2D eigenvalue weighted by atomic mass is 16.3. The maximum absolute atomic E-state index is 9.62. The Labute approximate surface area is 101 Å². The van der Waals surface area contributed by atoms with Gasteiger partial charge in [0, 0.05) is 0 Å². The molecule has 0 spiro atoms. The van der Waals surface area contributed by atoms with E-state index in [0.717, 1.165) is 5.56 Å². The highest BCUT2D eigenvalue weighted by Crippen LogP contribution is 2.23. The van der Waals surface area contributed by atoms with Crippen LogP contribution in [0.25, 0.3) is 0 Å². The maximum atomic E-state index is 9.62. The molecule has 0 amide bonds. The second kappa shape index (κ2) is 4.71. The van der Waals surface area contributed by atoms with Crippen molar-refractivity contribution in [1.82, 2.24) is 0 Å². The minimum atomic E-state index is 0.0542. The highest BCUT2D eigenvalue weighted by Gasteiger charge is 2.08. The van der Waals surface area contributed by atoms with E-state index in [1.165, 1.54) is 11.1 Å². The van der Waals surface area contributed by atoms with Crippen LogP contribution in [0.4, 0.5) is 0 Å². The van der Waals surface area contributed by atoms with Gasteiger partial charge in [0.2, 0.25) is 0 Å². The molecule has 2 nitrogen and oxygen atoms in total. The lowest BCUT2D eigenvalue weighted by molar-refractivity contribution is 0.473. The Morgan fingerprint density at radius 2 is 1.76 bits per heavy atom. The van der Waals surface area contributed by atoms with E-state index >= 15 is 0 Å². The fourth-order valence-corrected chi connectivity index (χ4v) is 1.88. The Balaban J connectivity index is 2.41. The van der Waals surface area contributed by atoms with E-state index in [-0.39, 0.29) is 5.75 Å². The zero-order chi connectivity index (χ0) is 12.3. The molecule has 0 heterocycles. The molecule has 0 bridgehead atoms. The van der Waals surface area contributed by atoms with Crippen LogP contribution in [0.3, 0.4) is 0 Å². The monoisotopic (exact) mass is 223 g/mol. The number of hydrogen-bond donors (Lipinski definition) is 1. The van der Waals surface area contributed by atoms with Gasteiger partial charge in [0.1, 0.15) is 11.8 Å². The minimum absolute atomic E-state index is 0.0542. The molecule has 0 aliphatic carbocycles. The van der Waals surface area contributed by atoms with E-state index in [1.807, 2.05) is 37.3 Å². The fourth-order valence-electron chi connectivity index (χ4n) is 1.88. The molecule has 0 aromatic heterocycles. The molecular formula is C15H13NO. The summed E-state index contributed by atoms with van der Waals surface area (Å²) in [4.78, 5) is 0. The van der Waals surface area contributed by atoms with Crippen LogP contribution in [0.1, 0.15) is 22.3 Å². The molecular weight excluding hydrogens is 210 g/mol. The summed E-state index contributed by atoms with van der Waals surface area (Å²) in [6.07, 6.45) is 0.671. The molecule has 0 fully saturated rings. The predicted molar refractivity (Wildman–Crippen MR) is 66.8 cm³/mol. The standard InChI is InChI=1S/C15H13NO/c1-11-5-2-3-6-12(11)9-13-7-4-8-15(17)14(13)10-16/h2-8,17H,9H2,1H3. The molecule has 0 saturated heterocycles. The van der Waals surface area contributed by atoms with E-state index in [9.17, 15) is 5.11 Å². The lowest BCUT2D eigenvalue weighted by Crippen LogP contribution is -1.95. The first-order valence-corrected chi connectivity index (χ1v) is 5.48. The van der Waals surface area contributed by atoms with Crippen molar-refractivity contribution in [3.8, 4) is 11.8 Å². The van der Waals surface area contributed by atoms with Gasteiger partial charge in [0.15, 0.2) is 0 Å². The van der Waals surface area contributed by atoms with Gasteiger partial charge in [-0.25, -0.2) is 0 Å². The molecule has 2 rings (SSSR count). The third-order valence-corrected chi connectivity index (χ3v) is 2.88. The number of aryl methyl sites for hydroxylation is 1. The Hall–Kier alpha value is -2.27. The van der Waals surface area contributed by atoms with Crippen molar-refractivity contribution < 1.29 is 5.11 Å². The molecule has 84 valence electrons. The van der Waals surface area contributed by atoms with Crippen molar-refractivity contribution in [3.63, 3.8) is 0 Å². The number of phenols is 1. The van der Waals surface area contributed by atoms with Crippen LogP contribution in [0, 0.1) is 18.3 Å². The Kier molecular flexibility index (Phi) is 3.11. The largest absolute Gasteiger partial charge is 0.507 e. The van der Waals surface area contributed by atoms with Crippen molar-refractivity contribution in [1.29, 1.82) is 5.26 Å². The third-order valence-electron chi connectivity index (χ3n) is 2.88. The van der Waals surface area contributed by atoms with Crippen LogP contribution in [-0.4, -0.2) is 5.11 Å². The van der Waals surface area contributed by atoms with Gasteiger partial charge in [0.05, 0.1) is 5.56 Å². The first-order chi connectivity index (χ1) is 8.22. The van der Waals surface area contributed by atoms with Gasteiger partial charge in [-0.15, -0.1) is 0 Å². The van der Waals surface area contributed by atoms with E-state index < -0.39 is 0 Å². The average molecular weight is 223 g/mol. The molecule has 0 aliphatic heterocycles. The third kappa shape index (κ3) is 2.29. The average Bonchev–Trinajstić information content (AvgIpc) is 2.32. The van der Waals surface area contributed by atoms with Crippen LogP contribution in [-0.2, 0) is 6.42 Å². The van der Waals surface area contributed by atoms with Crippen LogP contribution in [0.15, 0.2) is 42.5 Å². The molecule has 0 radical (unpaired) electrons. The normalized spacial score (nSPS) is 9.88. The van der Waals surface area contributed by atoms with E-state index in [0.29, 0.717) is 12.0 Å². The van der Waals surface area contributed by atoms with Crippen molar-refractivity contribution in [3.05, 3.63) is 64.7 Å². The van der Waals surface area contributed by atoms with Gasteiger partial charge in [-0.05, 0) is 36.1 Å². The first kappa shape index (κ1) is 11.2. The van der Waals surface area contributed by atoms with Gasteiger partial charge in [-0.3, -0.25) is 0 Å². The summed E-state index contributed by atoms with van der Waals surface area (Å²) in [5, 5.41) is 18.7. The zero-order valence-corrected chi connectivity index (χ0v) is 9.64. The summed E-state index contributed by atoms with van der Waals surface area (Å²) >= 11 is 0. The number of rotatable bonds is 2. The SMILES string of the molecule is Cc1ccccc1Cc1cccc(O)c1C#N. The molecule has 0 saturated carbocycles. The number of hydrogen-bond acceptors (Lipinski definition) is 2. The number of nitrogens with zero attached hydrogens (tertiary/aromatic N) is 1. The van der Waals surface area contributed by atoms with Crippen molar-refractivity contribution in [2.45, 2.75) is 13.3 Å². The topological polar surface area (TPSA) is 44.0 Å². The molecule has 0 unspecified atom stereocenters. The highest BCUT2D eigenvalue weighted by molar-refractivity contribution is 5.50. The Morgan fingerprint density at radius 3 is 2.47 bits per heavy atom. The van der Waals surface area contributed by atoms with E-state index in [2.05, 4.69) is 6.07 Å².